The van der Waals surface area contributed by atoms with Gasteiger partial charge in [0, 0.05) is 59.8 Å². The van der Waals surface area contributed by atoms with Crippen molar-refractivity contribution in [1.82, 2.24) is 19.7 Å². The summed E-state index contributed by atoms with van der Waals surface area (Å²) in [6, 6.07) is 11.2. The van der Waals surface area contributed by atoms with Crippen LogP contribution in [0.4, 0.5) is 4.39 Å². The number of benzene rings is 2. The highest BCUT2D eigenvalue weighted by molar-refractivity contribution is 5.97. The van der Waals surface area contributed by atoms with Crippen LogP contribution in [0.1, 0.15) is 6.42 Å². The van der Waals surface area contributed by atoms with E-state index in [1.807, 2.05) is 23.1 Å². The molecule has 0 radical (unpaired) electrons. The number of aromatic amines is 1. The molecule has 0 atom stereocenters. The summed E-state index contributed by atoms with van der Waals surface area (Å²) in [5, 5.41) is 6.69. The zero-order valence-corrected chi connectivity index (χ0v) is 16.2. The number of hydrogen-bond donors (Lipinski definition) is 1. The van der Waals surface area contributed by atoms with Gasteiger partial charge in [0.1, 0.15) is 5.82 Å². The lowest BCUT2D eigenvalue weighted by molar-refractivity contribution is 0.0520. The number of nitrogens with zero attached hydrogens (tertiary/aromatic N) is 3. The summed E-state index contributed by atoms with van der Waals surface area (Å²) in [5.41, 5.74) is 5.20. The molecule has 0 spiro atoms. The first-order valence-corrected chi connectivity index (χ1v) is 9.92. The van der Waals surface area contributed by atoms with E-state index in [0.717, 1.165) is 77.9 Å². The molecule has 0 aliphatic carbocycles. The Morgan fingerprint density at radius 1 is 1.17 bits per heavy atom. The van der Waals surface area contributed by atoms with Crippen molar-refractivity contribution < 1.29 is 9.13 Å². The standard InChI is InChI=1S/C23H23FN4O/c1-16(27-8-10-29-11-9-27)6-7-28-23-5-2-17(12-18(23)14-26-28)21-15-25-22-13-19(24)3-4-20(21)22/h2-5,12-15,25H,1,6-11H2. The van der Waals surface area contributed by atoms with Gasteiger partial charge < -0.3 is 14.6 Å². The van der Waals surface area contributed by atoms with Gasteiger partial charge in [-0.25, -0.2) is 4.39 Å². The van der Waals surface area contributed by atoms with Crippen molar-refractivity contribution in [2.45, 2.75) is 13.0 Å². The third-order valence-electron chi connectivity index (χ3n) is 5.67. The summed E-state index contributed by atoms with van der Waals surface area (Å²) < 4.78 is 20.9. The molecule has 2 aromatic heterocycles. The van der Waals surface area contributed by atoms with Crippen LogP contribution in [0.3, 0.4) is 0 Å². The number of fused-ring (bicyclic) bond motifs is 2. The Kier molecular flexibility index (Phi) is 4.56. The highest BCUT2D eigenvalue weighted by Crippen LogP contribution is 2.31. The molecule has 5 nitrogen and oxygen atoms in total. The van der Waals surface area contributed by atoms with E-state index in [1.165, 1.54) is 12.1 Å². The molecule has 3 heterocycles. The van der Waals surface area contributed by atoms with Gasteiger partial charge in [-0.2, -0.15) is 5.10 Å². The molecule has 1 aliphatic rings. The first kappa shape index (κ1) is 17.9. The second-order valence-corrected chi connectivity index (χ2v) is 7.45. The number of morpholine rings is 1. The SMILES string of the molecule is C=C(CCn1ncc2cc(-c3c[nH]c4cc(F)ccc34)ccc21)N1CCOCC1. The maximum Gasteiger partial charge on any atom is 0.125 e. The fraction of sp³-hybridized carbons (Fsp3) is 0.261. The van der Waals surface area contributed by atoms with Crippen LogP contribution in [0.2, 0.25) is 0 Å². The predicted octanol–water partition coefficient (Wildman–Crippen LogP) is 4.56. The van der Waals surface area contributed by atoms with Crippen LogP contribution in [0.15, 0.2) is 61.1 Å². The first-order chi connectivity index (χ1) is 14.2. The van der Waals surface area contributed by atoms with Gasteiger partial charge in [-0.05, 0) is 35.9 Å². The highest BCUT2D eigenvalue weighted by Gasteiger charge is 2.13. The zero-order valence-electron chi connectivity index (χ0n) is 16.2. The van der Waals surface area contributed by atoms with Crippen molar-refractivity contribution in [2.75, 3.05) is 26.3 Å². The van der Waals surface area contributed by atoms with Crippen molar-refractivity contribution in [3.63, 3.8) is 0 Å². The number of allylic oxidation sites excluding steroid dienone is 1. The summed E-state index contributed by atoms with van der Waals surface area (Å²) in [4.78, 5) is 5.46. The van der Waals surface area contributed by atoms with Gasteiger partial charge in [0.05, 0.1) is 24.9 Å². The van der Waals surface area contributed by atoms with Crippen LogP contribution in [0.25, 0.3) is 32.9 Å². The minimum absolute atomic E-state index is 0.235. The molecule has 1 N–H and O–H groups in total. The molecule has 1 saturated heterocycles. The van der Waals surface area contributed by atoms with Crippen LogP contribution in [-0.4, -0.2) is 46.0 Å². The van der Waals surface area contributed by atoms with Gasteiger partial charge in [-0.3, -0.25) is 4.68 Å². The van der Waals surface area contributed by atoms with E-state index in [4.69, 9.17) is 4.74 Å². The average Bonchev–Trinajstić information content (AvgIpc) is 3.35. The van der Waals surface area contributed by atoms with Crippen molar-refractivity contribution in [1.29, 1.82) is 0 Å². The van der Waals surface area contributed by atoms with Crippen molar-refractivity contribution >= 4 is 21.8 Å². The molecular weight excluding hydrogens is 367 g/mol. The third-order valence-corrected chi connectivity index (χ3v) is 5.67. The van der Waals surface area contributed by atoms with Gasteiger partial charge >= 0.3 is 0 Å². The molecular formula is C23H23FN4O. The molecule has 148 valence electrons. The molecule has 5 rings (SSSR count). The van der Waals surface area contributed by atoms with Crippen LogP contribution < -0.4 is 0 Å². The maximum atomic E-state index is 13.5. The van der Waals surface area contributed by atoms with Gasteiger partial charge in [-0.15, -0.1) is 0 Å². The van der Waals surface area contributed by atoms with Gasteiger partial charge in [-0.1, -0.05) is 12.6 Å². The lowest BCUT2D eigenvalue weighted by Crippen LogP contribution is -2.35. The van der Waals surface area contributed by atoms with E-state index in [2.05, 4.69) is 39.8 Å². The molecule has 29 heavy (non-hydrogen) atoms. The second kappa shape index (κ2) is 7.37. The third kappa shape index (κ3) is 3.40. The van der Waals surface area contributed by atoms with E-state index in [-0.39, 0.29) is 5.82 Å². The predicted molar refractivity (Wildman–Crippen MR) is 113 cm³/mol. The normalized spacial score (nSPS) is 14.7. The summed E-state index contributed by atoms with van der Waals surface area (Å²) >= 11 is 0. The maximum absolute atomic E-state index is 13.5. The minimum Gasteiger partial charge on any atom is -0.378 e. The number of hydrogen-bond acceptors (Lipinski definition) is 3. The average molecular weight is 390 g/mol. The molecule has 1 aliphatic heterocycles. The van der Waals surface area contributed by atoms with E-state index in [9.17, 15) is 4.39 Å². The number of aryl methyl sites for hydroxylation is 1. The summed E-state index contributed by atoms with van der Waals surface area (Å²) in [6.07, 6.45) is 4.71. The fourth-order valence-corrected chi connectivity index (χ4v) is 4.04. The van der Waals surface area contributed by atoms with Crippen LogP contribution in [0, 0.1) is 5.82 Å². The van der Waals surface area contributed by atoms with E-state index >= 15 is 0 Å². The zero-order chi connectivity index (χ0) is 19.8. The lowest BCUT2D eigenvalue weighted by Gasteiger charge is -2.30. The van der Waals surface area contributed by atoms with Crippen LogP contribution in [0.5, 0.6) is 0 Å². The molecule has 0 bridgehead atoms. The highest BCUT2D eigenvalue weighted by atomic mass is 19.1. The Bertz CT molecular complexity index is 1190. The lowest BCUT2D eigenvalue weighted by atomic mass is 10.0. The quantitative estimate of drug-likeness (QED) is 0.543. The molecule has 4 aromatic rings. The van der Waals surface area contributed by atoms with Crippen molar-refractivity contribution in [3.05, 3.63) is 66.9 Å². The van der Waals surface area contributed by atoms with Crippen molar-refractivity contribution in [2.24, 2.45) is 0 Å². The Morgan fingerprint density at radius 3 is 2.90 bits per heavy atom. The number of halogens is 1. The molecule has 6 heteroatoms. The molecule has 2 aromatic carbocycles. The fourth-order valence-electron chi connectivity index (χ4n) is 4.04. The van der Waals surface area contributed by atoms with Crippen LogP contribution in [-0.2, 0) is 11.3 Å². The van der Waals surface area contributed by atoms with Gasteiger partial charge in [0.25, 0.3) is 0 Å². The minimum atomic E-state index is -0.235. The first-order valence-electron chi connectivity index (χ1n) is 9.92. The second-order valence-electron chi connectivity index (χ2n) is 7.45. The molecule has 0 saturated carbocycles. The largest absolute Gasteiger partial charge is 0.378 e. The number of H-pyrrole nitrogens is 1. The summed E-state index contributed by atoms with van der Waals surface area (Å²) in [6.45, 7) is 8.41. The van der Waals surface area contributed by atoms with Gasteiger partial charge in [0.15, 0.2) is 0 Å². The summed E-state index contributed by atoms with van der Waals surface area (Å²) in [7, 11) is 0. The van der Waals surface area contributed by atoms with E-state index in [0.29, 0.717) is 0 Å². The van der Waals surface area contributed by atoms with E-state index < -0.39 is 0 Å². The Labute approximate surface area is 168 Å². The van der Waals surface area contributed by atoms with Gasteiger partial charge in [0.2, 0.25) is 0 Å². The smallest absolute Gasteiger partial charge is 0.125 e. The number of ether oxygens (including phenoxy) is 1. The Morgan fingerprint density at radius 2 is 2.03 bits per heavy atom. The Balaban J connectivity index is 1.37. The topological polar surface area (TPSA) is 46.1 Å². The molecule has 1 fully saturated rings. The van der Waals surface area contributed by atoms with E-state index in [1.54, 1.807) is 0 Å². The van der Waals surface area contributed by atoms with Crippen molar-refractivity contribution in [3.8, 4) is 11.1 Å². The van der Waals surface area contributed by atoms with Crippen LogP contribution >= 0.6 is 0 Å². The Hall–Kier alpha value is -3.12. The monoisotopic (exact) mass is 390 g/mol. The molecule has 0 unspecified atom stereocenters. The summed E-state index contributed by atoms with van der Waals surface area (Å²) in [5.74, 6) is -0.235. The number of aromatic nitrogens is 3. The number of rotatable bonds is 5. The number of nitrogens with one attached hydrogen (secondary N) is 1. The molecule has 0 amide bonds.